The molecule has 0 unspecified atom stereocenters. The van der Waals surface area contributed by atoms with Crippen molar-refractivity contribution in [3.8, 4) is 0 Å². The SMILES string of the molecule is CC.CCC.C[C@@H]1CCC[C@H](C(=O)NCCc2ccccc2)C1.NCC(=O)O. The van der Waals surface area contributed by atoms with Gasteiger partial charge in [0, 0.05) is 12.5 Å². The van der Waals surface area contributed by atoms with E-state index in [2.05, 4.69) is 44.0 Å². The fraction of sp³-hybridized carbons (Fsp3) is 0.652. The number of carboxylic acids is 1. The number of hydrogen-bond acceptors (Lipinski definition) is 3. The highest BCUT2D eigenvalue weighted by atomic mass is 16.4. The Kier molecular flexibility index (Phi) is 20.1. The number of carbonyl (C=O) groups is 2. The van der Waals surface area contributed by atoms with Crippen LogP contribution in [0.3, 0.4) is 0 Å². The van der Waals surface area contributed by atoms with E-state index in [4.69, 9.17) is 5.11 Å². The van der Waals surface area contributed by atoms with E-state index in [0.29, 0.717) is 5.92 Å². The van der Waals surface area contributed by atoms with Crippen LogP contribution in [-0.2, 0) is 16.0 Å². The molecule has 28 heavy (non-hydrogen) atoms. The lowest BCUT2D eigenvalue weighted by atomic mass is 9.82. The van der Waals surface area contributed by atoms with Gasteiger partial charge in [-0.15, -0.1) is 0 Å². The van der Waals surface area contributed by atoms with Crippen molar-refractivity contribution in [2.75, 3.05) is 13.1 Å². The second-order valence-corrected chi connectivity index (χ2v) is 6.80. The lowest BCUT2D eigenvalue weighted by Gasteiger charge is -2.25. The summed E-state index contributed by atoms with van der Waals surface area (Å²) in [5.74, 6) is 0.260. The summed E-state index contributed by atoms with van der Waals surface area (Å²) in [7, 11) is 0. The number of benzene rings is 1. The number of hydrogen-bond donors (Lipinski definition) is 3. The number of rotatable bonds is 5. The van der Waals surface area contributed by atoms with Gasteiger partial charge in [-0.05, 0) is 30.7 Å². The maximum Gasteiger partial charge on any atom is 0.317 e. The Morgan fingerprint density at radius 1 is 1.14 bits per heavy atom. The zero-order valence-electron chi connectivity index (χ0n) is 18.5. The third-order valence-corrected chi connectivity index (χ3v) is 4.04. The molecule has 4 N–H and O–H groups in total. The van der Waals surface area contributed by atoms with Gasteiger partial charge in [0.15, 0.2) is 0 Å². The summed E-state index contributed by atoms with van der Waals surface area (Å²) in [5, 5.41) is 10.7. The predicted molar refractivity (Wildman–Crippen MR) is 118 cm³/mol. The van der Waals surface area contributed by atoms with E-state index in [-0.39, 0.29) is 18.4 Å². The summed E-state index contributed by atoms with van der Waals surface area (Å²) in [6.07, 6.45) is 6.80. The predicted octanol–water partition coefficient (Wildman–Crippen LogP) is 4.64. The Hall–Kier alpha value is -1.88. The van der Waals surface area contributed by atoms with E-state index < -0.39 is 5.97 Å². The molecule has 0 spiro atoms. The smallest absolute Gasteiger partial charge is 0.317 e. The van der Waals surface area contributed by atoms with Crippen molar-refractivity contribution in [1.82, 2.24) is 5.32 Å². The maximum absolute atomic E-state index is 12.0. The molecule has 1 amide bonds. The highest BCUT2D eigenvalue weighted by Gasteiger charge is 2.24. The number of carboxylic acid groups (broad SMARTS) is 1. The molecule has 0 aromatic heterocycles. The van der Waals surface area contributed by atoms with Gasteiger partial charge in [-0.1, -0.05) is 84.2 Å². The van der Waals surface area contributed by atoms with E-state index in [1.54, 1.807) is 0 Å². The molecule has 0 radical (unpaired) electrons. The van der Waals surface area contributed by atoms with Crippen molar-refractivity contribution in [2.24, 2.45) is 17.6 Å². The van der Waals surface area contributed by atoms with Gasteiger partial charge in [0.2, 0.25) is 5.91 Å². The molecule has 2 atom stereocenters. The second-order valence-electron chi connectivity index (χ2n) is 6.80. The minimum Gasteiger partial charge on any atom is -0.480 e. The largest absolute Gasteiger partial charge is 0.480 e. The highest BCUT2D eigenvalue weighted by Crippen LogP contribution is 2.28. The van der Waals surface area contributed by atoms with Gasteiger partial charge in [0.05, 0.1) is 6.54 Å². The lowest BCUT2D eigenvalue weighted by Crippen LogP contribution is -2.34. The molecule has 2 rings (SSSR count). The molecule has 0 aliphatic heterocycles. The van der Waals surface area contributed by atoms with E-state index in [1.165, 1.54) is 24.8 Å². The summed E-state index contributed by atoms with van der Waals surface area (Å²) in [4.78, 5) is 21.3. The summed E-state index contributed by atoms with van der Waals surface area (Å²) in [5.41, 5.74) is 5.86. The first kappa shape index (κ1) is 28.3. The van der Waals surface area contributed by atoms with Gasteiger partial charge in [0.1, 0.15) is 0 Å². The van der Waals surface area contributed by atoms with Crippen LogP contribution in [0, 0.1) is 11.8 Å². The summed E-state index contributed by atoms with van der Waals surface area (Å²) in [6, 6.07) is 10.3. The molecular formula is C23H42N2O3. The van der Waals surface area contributed by atoms with Crippen LogP contribution in [0.4, 0.5) is 0 Å². The molecule has 5 heteroatoms. The van der Waals surface area contributed by atoms with Crippen molar-refractivity contribution in [3.05, 3.63) is 35.9 Å². The van der Waals surface area contributed by atoms with Gasteiger partial charge in [-0.3, -0.25) is 9.59 Å². The summed E-state index contributed by atoms with van der Waals surface area (Å²) in [6.45, 7) is 11.0. The quantitative estimate of drug-likeness (QED) is 0.678. The van der Waals surface area contributed by atoms with Crippen LogP contribution in [0.5, 0.6) is 0 Å². The molecule has 1 fully saturated rings. The molecule has 1 aromatic carbocycles. The van der Waals surface area contributed by atoms with Crippen molar-refractivity contribution in [1.29, 1.82) is 0 Å². The van der Waals surface area contributed by atoms with Gasteiger partial charge in [-0.25, -0.2) is 0 Å². The van der Waals surface area contributed by atoms with Gasteiger partial charge in [0.25, 0.3) is 0 Å². The Morgan fingerprint density at radius 3 is 2.14 bits per heavy atom. The molecular weight excluding hydrogens is 352 g/mol. The number of aliphatic carboxylic acids is 1. The van der Waals surface area contributed by atoms with Crippen molar-refractivity contribution in [2.45, 2.75) is 73.1 Å². The lowest BCUT2D eigenvalue weighted by molar-refractivity contribution is -0.135. The zero-order valence-corrected chi connectivity index (χ0v) is 18.5. The number of nitrogens with one attached hydrogen (secondary N) is 1. The molecule has 1 aromatic rings. The molecule has 1 aliphatic rings. The minimum atomic E-state index is -0.968. The van der Waals surface area contributed by atoms with Crippen LogP contribution in [0.2, 0.25) is 0 Å². The monoisotopic (exact) mass is 394 g/mol. The number of amides is 1. The Bertz CT molecular complexity index is 492. The minimum absolute atomic E-state index is 0.254. The molecule has 0 saturated heterocycles. The second kappa shape index (κ2) is 19.9. The first-order valence-corrected chi connectivity index (χ1v) is 10.7. The third-order valence-electron chi connectivity index (χ3n) is 4.04. The highest BCUT2D eigenvalue weighted by molar-refractivity contribution is 5.78. The Balaban J connectivity index is 0. The van der Waals surface area contributed by atoms with Crippen LogP contribution in [0.1, 0.15) is 72.3 Å². The third kappa shape index (κ3) is 16.3. The van der Waals surface area contributed by atoms with Crippen LogP contribution in [0.15, 0.2) is 30.3 Å². The first-order valence-electron chi connectivity index (χ1n) is 10.7. The molecule has 0 heterocycles. The molecule has 1 aliphatic carbocycles. The normalized spacial score (nSPS) is 17.4. The number of carbonyl (C=O) groups excluding carboxylic acids is 1. The van der Waals surface area contributed by atoms with E-state index >= 15 is 0 Å². The number of nitrogens with two attached hydrogens (primary N) is 1. The Morgan fingerprint density at radius 2 is 1.68 bits per heavy atom. The Labute approximate surface area is 172 Å². The van der Waals surface area contributed by atoms with Gasteiger partial charge in [-0.2, -0.15) is 0 Å². The van der Waals surface area contributed by atoms with Crippen molar-refractivity contribution in [3.63, 3.8) is 0 Å². The average Bonchev–Trinajstić information content (AvgIpc) is 2.71. The fourth-order valence-electron chi connectivity index (χ4n) is 2.79. The van der Waals surface area contributed by atoms with E-state index in [9.17, 15) is 9.59 Å². The molecule has 0 bridgehead atoms. The van der Waals surface area contributed by atoms with Gasteiger partial charge >= 0.3 is 5.97 Å². The summed E-state index contributed by atoms with van der Waals surface area (Å²) < 4.78 is 0. The van der Waals surface area contributed by atoms with Crippen LogP contribution in [0.25, 0.3) is 0 Å². The van der Waals surface area contributed by atoms with Crippen LogP contribution in [-0.4, -0.2) is 30.1 Å². The van der Waals surface area contributed by atoms with Crippen LogP contribution < -0.4 is 11.1 Å². The maximum atomic E-state index is 12.0. The van der Waals surface area contributed by atoms with Crippen molar-refractivity contribution >= 4 is 11.9 Å². The molecule has 1 saturated carbocycles. The first-order chi connectivity index (χ1) is 13.4. The fourth-order valence-corrected chi connectivity index (χ4v) is 2.79. The standard InChI is InChI=1S/C16H23NO.C3H8.C2H5NO2.C2H6/c1-13-6-5-9-15(12-13)16(18)17-11-10-14-7-3-2-4-8-14;1-3-2;3-1-2(4)5;1-2/h2-4,7-8,13,15H,5-6,9-12H2,1H3,(H,17,18);3H2,1-2H3;1,3H2,(H,4,5);1-2H3/t13-,15+;;;/m1.../s1. The van der Waals surface area contributed by atoms with E-state index in [1.807, 2.05) is 32.0 Å². The van der Waals surface area contributed by atoms with Gasteiger partial charge < -0.3 is 16.2 Å². The molecule has 162 valence electrons. The topological polar surface area (TPSA) is 92.4 Å². The molecule has 5 nitrogen and oxygen atoms in total. The van der Waals surface area contributed by atoms with Crippen LogP contribution >= 0.6 is 0 Å². The summed E-state index contributed by atoms with van der Waals surface area (Å²) >= 11 is 0. The van der Waals surface area contributed by atoms with Crippen molar-refractivity contribution < 1.29 is 14.7 Å². The zero-order chi connectivity index (χ0) is 21.8. The average molecular weight is 395 g/mol. The van der Waals surface area contributed by atoms with E-state index in [0.717, 1.165) is 25.8 Å².